The van der Waals surface area contributed by atoms with E-state index in [9.17, 15) is 0 Å². The average molecular weight is 241 g/mol. The van der Waals surface area contributed by atoms with Crippen molar-refractivity contribution in [1.82, 2.24) is 15.3 Å². The molecule has 3 heteroatoms. The summed E-state index contributed by atoms with van der Waals surface area (Å²) in [6, 6.07) is 12.9. The Balaban J connectivity index is 2.00. The van der Waals surface area contributed by atoms with E-state index in [4.69, 9.17) is 0 Å². The molecule has 1 unspecified atom stereocenters. The summed E-state index contributed by atoms with van der Waals surface area (Å²) in [5.74, 6) is 0.821. The first-order valence-corrected chi connectivity index (χ1v) is 6.36. The lowest BCUT2D eigenvalue weighted by atomic mass is 10.0. The third kappa shape index (κ3) is 3.37. The van der Waals surface area contributed by atoms with Crippen LogP contribution < -0.4 is 5.32 Å². The minimum absolute atomic E-state index is 0.376. The van der Waals surface area contributed by atoms with Crippen LogP contribution in [-0.4, -0.2) is 9.97 Å². The topological polar surface area (TPSA) is 37.8 Å². The SMILES string of the molecule is CCC(NCc1ccnc(C)n1)c1ccccc1. The zero-order valence-electron chi connectivity index (χ0n) is 10.9. The number of aryl methyl sites for hydroxylation is 1. The second-order valence-electron chi connectivity index (χ2n) is 4.35. The van der Waals surface area contributed by atoms with Crippen LogP contribution >= 0.6 is 0 Å². The van der Waals surface area contributed by atoms with E-state index in [2.05, 4.69) is 46.5 Å². The maximum absolute atomic E-state index is 4.40. The van der Waals surface area contributed by atoms with Crippen LogP contribution in [0.2, 0.25) is 0 Å². The Bertz CT molecular complexity index is 482. The first-order chi connectivity index (χ1) is 8.79. The molecule has 0 radical (unpaired) electrons. The summed E-state index contributed by atoms with van der Waals surface area (Å²) in [7, 11) is 0. The van der Waals surface area contributed by atoms with Crippen molar-refractivity contribution in [3.63, 3.8) is 0 Å². The number of nitrogens with zero attached hydrogens (tertiary/aromatic N) is 2. The maximum Gasteiger partial charge on any atom is 0.125 e. The van der Waals surface area contributed by atoms with Gasteiger partial charge in [-0.1, -0.05) is 37.3 Å². The van der Waals surface area contributed by atoms with Crippen molar-refractivity contribution in [2.75, 3.05) is 0 Å². The van der Waals surface area contributed by atoms with Crippen molar-refractivity contribution < 1.29 is 0 Å². The molecule has 18 heavy (non-hydrogen) atoms. The molecule has 1 N–H and O–H groups in total. The van der Waals surface area contributed by atoms with Gasteiger partial charge in [-0.05, 0) is 25.0 Å². The predicted octanol–water partition coefficient (Wildman–Crippen LogP) is 3.03. The van der Waals surface area contributed by atoms with Crippen LogP contribution in [0.4, 0.5) is 0 Å². The molecule has 2 rings (SSSR count). The Labute approximate surface area is 108 Å². The van der Waals surface area contributed by atoms with Gasteiger partial charge in [-0.15, -0.1) is 0 Å². The van der Waals surface area contributed by atoms with Crippen LogP contribution in [0.3, 0.4) is 0 Å². The summed E-state index contributed by atoms with van der Waals surface area (Å²) in [5.41, 5.74) is 2.36. The van der Waals surface area contributed by atoms with Gasteiger partial charge >= 0.3 is 0 Å². The van der Waals surface area contributed by atoms with Crippen molar-refractivity contribution in [3.05, 3.63) is 59.7 Å². The number of benzene rings is 1. The number of rotatable bonds is 5. The summed E-state index contributed by atoms with van der Waals surface area (Å²) >= 11 is 0. The summed E-state index contributed by atoms with van der Waals surface area (Å²) in [6.45, 7) is 4.88. The van der Waals surface area contributed by atoms with Gasteiger partial charge < -0.3 is 5.32 Å². The molecule has 1 aromatic heterocycles. The Morgan fingerprint density at radius 3 is 2.61 bits per heavy atom. The third-order valence-electron chi connectivity index (χ3n) is 2.97. The number of aromatic nitrogens is 2. The molecule has 3 nitrogen and oxygen atoms in total. The van der Waals surface area contributed by atoms with Gasteiger partial charge in [-0.25, -0.2) is 9.97 Å². The normalized spacial score (nSPS) is 12.3. The quantitative estimate of drug-likeness (QED) is 0.874. The lowest BCUT2D eigenvalue weighted by Gasteiger charge is -2.17. The van der Waals surface area contributed by atoms with Gasteiger partial charge in [0.05, 0.1) is 5.69 Å². The van der Waals surface area contributed by atoms with E-state index in [0.29, 0.717) is 6.04 Å². The molecule has 0 aliphatic heterocycles. The molecule has 0 fully saturated rings. The molecule has 0 saturated carbocycles. The molecule has 0 aliphatic carbocycles. The van der Waals surface area contributed by atoms with Crippen molar-refractivity contribution in [3.8, 4) is 0 Å². The molecule has 0 bridgehead atoms. The first-order valence-electron chi connectivity index (χ1n) is 6.36. The van der Waals surface area contributed by atoms with Crippen molar-refractivity contribution >= 4 is 0 Å². The first kappa shape index (κ1) is 12.7. The molecular weight excluding hydrogens is 222 g/mol. The van der Waals surface area contributed by atoms with Crippen LogP contribution in [0.5, 0.6) is 0 Å². The zero-order chi connectivity index (χ0) is 12.8. The summed E-state index contributed by atoms with van der Waals surface area (Å²) < 4.78 is 0. The van der Waals surface area contributed by atoms with E-state index in [1.807, 2.05) is 25.3 Å². The van der Waals surface area contributed by atoms with E-state index in [0.717, 1.165) is 24.5 Å². The average Bonchev–Trinajstić information content (AvgIpc) is 2.41. The Morgan fingerprint density at radius 2 is 1.94 bits per heavy atom. The highest BCUT2D eigenvalue weighted by molar-refractivity contribution is 5.18. The molecule has 1 atom stereocenters. The molecule has 0 spiro atoms. The van der Waals surface area contributed by atoms with E-state index < -0.39 is 0 Å². The van der Waals surface area contributed by atoms with Crippen LogP contribution in [0.15, 0.2) is 42.6 Å². The molecule has 0 amide bonds. The Kier molecular flexibility index (Phi) is 4.42. The lowest BCUT2D eigenvalue weighted by Crippen LogP contribution is -2.21. The summed E-state index contributed by atoms with van der Waals surface area (Å²) in [4.78, 5) is 8.51. The van der Waals surface area contributed by atoms with E-state index in [-0.39, 0.29) is 0 Å². The Morgan fingerprint density at radius 1 is 1.17 bits per heavy atom. The van der Waals surface area contributed by atoms with Crippen molar-refractivity contribution in [1.29, 1.82) is 0 Å². The largest absolute Gasteiger partial charge is 0.304 e. The minimum Gasteiger partial charge on any atom is -0.304 e. The van der Waals surface area contributed by atoms with Gasteiger partial charge in [0.1, 0.15) is 5.82 Å². The van der Waals surface area contributed by atoms with E-state index >= 15 is 0 Å². The van der Waals surface area contributed by atoms with Crippen LogP contribution in [0, 0.1) is 6.92 Å². The van der Waals surface area contributed by atoms with Gasteiger partial charge in [0.15, 0.2) is 0 Å². The predicted molar refractivity (Wildman–Crippen MR) is 73.1 cm³/mol. The van der Waals surface area contributed by atoms with Gasteiger partial charge in [0.2, 0.25) is 0 Å². The van der Waals surface area contributed by atoms with Gasteiger partial charge in [0.25, 0.3) is 0 Å². The maximum atomic E-state index is 4.40. The zero-order valence-corrected chi connectivity index (χ0v) is 10.9. The number of hydrogen-bond donors (Lipinski definition) is 1. The number of nitrogens with one attached hydrogen (secondary N) is 1. The van der Waals surface area contributed by atoms with Gasteiger partial charge in [0, 0.05) is 18.8 Å². The molecule has 1 aromatic carbocycles. The highest BCUT2D eigenvalue weighted by atomic mass is 14.9. The lowest BCUT2D eigenvalue weighted by molar-refractivity contribution is 0.513. The summed E-state index contributed by atoms with van der Waals surface area (Å²) in [6.07, 6.45) is 2.87. The van der Waals surface area contributed by atoms with Crippen LogP contribution in [-0.2, 0) is 6.54 Å². The molecular formula is C15H19N3. The van der Waals surface area contributed by atoms with E-state index in [1.165, 1.54) is 5.56 Å². The molecule has 94 valence electrons. The fourth-order valence-electron chi connectivity index (χ4n) is 2.01. The Hall–Kier alpha value is -1.74. The molecule has 2 aromatic rings. The fourth-order valence-corrected chi connectivity index (χ4v) is 2.01. The minimum atomic E-state index is 0.376. The van der Waals surface area contributed by atoms with Crippen molar-refractivity contribution in [2.24, 2.45) is 0 Å². The van der Waals surface area contributed by atoms with Crippen molar-refractivity contribution in [2.45, 2.75) is 32.9 Å². The van der Waals surface area contributed by atoms with E-state index in [1.54, 1.807) is 0 Å². The number of hydrogen-bond acceptors (Lipinski definition) is 3. The second-order valence-corrected chi connectivity index (χ2v) is 4.35. The highest BCUT2D eigenvalue weighted by Crippen LogP contribution is 2.16. The standard InChI is InChI=1S/C15H19N3/c1-3-15(13-7-5-4-6-8-13)17-11-14-9-10-16-12(2)18-14/h4-10,15,17H,3,11H2,1-2H3. The van der Waals surface area contributed by atoms with Gasteiger partial charge in [-0.3, -0.25) is 0 Å². The van der Waals surface area contributed by atoms with Crippen LogP contribution in [0.25, 0.3) is 0 Å². The fraction of sp³-hybridized carbons (Fsp3) is 0.333. The van der Waals surface area contributed by atoms with Gasteiger partial charge in [-0.2, -0.15) is 0 Å². The highest BCUT2D eigenvalue weighted by Gasteiger charge is 2.08. The monoisotopic (exact) mass is 241 g/mol. The third-order valence-corrected chi connectivity index (χ3v) is 2.97. The smallest absolute Gasteiger partial charge is 0.125 e. The molecule has 0 saturated heterocycles. The second kappa shape index (κ2) is 6.26. The summed E-state index contributed by atoms with van der Waals surface area (Å²) in [5, 5.41) is 3.54. The molecule has 1 heterocycles. The van der Waals surface area contributed by atoms with Crippen LogP contribution in [0.1, 0.15) is 36.5 Å². The molecule has 0 aliphatic rings.